The van der Waals surface area contributed by atoms with Crippen molar-refractivity contribution in [2.75, 3.05) is 12.5 Å². The van der Waals surface area contributed by atoms with Crippen LogP contribution in [0.4, 0.5) is 5.69 Å². The number of hydrogen-bond acceptors (Lipinski definition) is 3. The van der Waals surface area contributed by atoms with Crippen molar-refractivity contribution in [3.8, 4) is 0 Å². The van der Waals surface area contributed by atoms with Crippen molar-refractivity contribution in [1.82, 2.24) is 5.43 Å². The zero-order valence-corrected chi connectivity index (χ0v) is 6.46. The Hall–Kier alpha value is -1.06. The Morgan fingerprint density at radius 3 is 2.36 bits per heavy atom. The Balaban J connectivity index is 2.66. The highest BCUT2D eigenvalue weighted by molar-refractivity contribution is 5.43. The molecule has 1 rings (SSSR count). The molecule has 0 atom stereocenters. The Morgan fingerprint density at radius 2 is 1.91 bits per heavy atom. The molecule has 0 heterocycles. The van der Waals surface area contributed by atoms with E-state index in [0.717, 1.165) is 11.3 Å². The van der Waals surface area contributed by atoms with Crippen molar-refractivity contribution in [1.29, 1.82) is 0 Å². The highest BCUT2D eigenvalue weighted by Crippen LogP contribution is 2.07. The fourth-order valence-corrected chi connectivity index (χ4v) is 0.838. The van der Waals surface area contributed by atoms with Crippen LogP contribution in [-0.2, 0) is 6.61 Å². The van der Waals surface area contributed by atoms with E-state index in [1.165, 1.54) is 0 Å². The standard InChI is InChI=1S/C8H12N2O/c1-9-10-8-4-2-7(6-11)3-5-8/h2-5,9-11H,6H2,1H3. The van der Waals surface area contributed by atoms with E-state index in [0.29, 0.717) is 0 Å². The van der Waals surface area contributed by atoms with Gasteiger partial charge in [-0.3, -0.25) is 0 Å². The van der Waals surface area contributed by atoms with Crippen LogP contribution in [0.1, 0.15) is 5.56 Å². The minimum absolute atomic E-state index is 0.0971. The second-order valence-electron chi connectivity index (χ2n) is 2.23. The molecule has 11 heavy (non-hydrogen) atoms. The number of anilines is 1. The minimum Gasteiger partial charge on any atom is -0.392 e. The van der Waals surface area contributed by atoms with E-state index in [4.69, 9.17) is 5.11 Å². The molecule has 3 nitrogen and oxygen atoms in total. The third-order valence-electron chi connectivity index (χ3n) is 1.41. The first-order valence-corrected chi connectivity index (χ1v) is 3.49. The van der Waals surface area contributed by atoms with Crippen molar-refractivity contribution >= 4 is 5.69 Å². The first-order valence-electron chi connectivity index (χ1n) is 3.49. The van der Waals surface area contributed by atoms with Gasteiger partial charge in [-0.15, -0.1) is 0 Å². The molecule has 0 bridgehead atoms. The molecular weight excluding hydrogens is 140 g/mol. The Labute approximate surface area is 66.0 Å². The summed E-state index contributed by atoms with van der Waals surface area (Å²) in [5, 5.41) is 8.72. The van der Waals surface area contributed by atoms with Crippen LogP contribution in [0, 0.1) is 0 Å². The normalized spacial score (nSPS) is 9.64. The summed E-state index contributed by atoms with van der Waals surface area (Å²) < 4.78 is 0. The smallest absolute Gasteiger partial charge is 0.0681 e. The second-order valence-corrected chi connectivity index (χ2v) is 2.23. The fraction of sp³-hybridized carbons (Fsp3) is 0.250. The van der Waals surface area contributed by atoms with Gasteiger partial charge < -0.3 is 10.5 Å². The van der Waals surface area contributed by atoms with Gasteiger partial charge in [-0.25, -0.2) is 5.43 Å². The lowest BCUT2D eigenvalue weighted by molar-refractivity contribution is 0.282. The van der Waals surface area contributed by atoms with E-state index in [9.17, 15) is 0 Å². The van der Waals surface area contributed by atoms with Crippen molar-refractivity contribution in [2.45, 2.75) is 6.61 Å². The summed E-state index contributed by atoms with van der Waals surface area (Å²) in [7, 11) is 1.81. The molecule has 1 aromatic rings. The molecule has 1 aromatic carbocycles. The minimum atomic E-state index is 0.0971. The van der Waals surface area contributed by atoms with Crippen molar-refractivity contribution in [3.63, 3.8) is 0 Å². The average Bonchev–Trinajstić information content (AvgIpc) is 2.07. The maximum absolute atomic E-state index is 8.72. The van der Waals surface area contributed by atoms with Crippen molar-refractivity contribution < 1.29 is 5.11 Å². The molecule has 0 saturated heterocycles. The van der Waals surface area contributed by atoms with Crippen LogP contribution >= 0.6 is 0 Å². The summed E-state index contributed by atoms with van der Waals surface area (Å²) >= 11 is 0. The van der Waals surface area contributed by atoms with Crippen LogP contribution < -0.4 is 10.9 Å². The predicted molar refractivity (Wildman–Crippen MR) is 45.0 cm³/mol. The van der Waals surface area contributed by atoms with E-state index < -0.39 is 0 Å². The molecule has 0 aliphatic rings. The Kier molecular flexibility index (Phi) is 2.89. The van der Waals surface area contributed by atoms with Gasteiger partial charge in [0.1, 0.15) is 0 Å². The number of aliphatic hydroxyl groups excluding tert-OH is 1. The maximum Gasteiger partial charge on any atom is 0.0681 e. The molecular formula is C8H12N2O. The third kappa shape index (κ3) is 2.22. The number of aliphatic hydroxyl groups is 1. The molecule has 0 aliphatic heterocycles. The number of hydrazine groups is 1. The predicted octanol–water partition coefficient (Wildman–Crippen LogP) is 0.725. The summed E-state index contributed by atoms with van der Waals surface area (Å²) in [6.45, 7) is 0.0971. The zero-order valence-electron chi connectivity index (χ0n) is 6.46. The lowest BCUT2D eigenvalue weighted by Crippen LogP contribution is -2.14. The average molecular weight is 152 g/mol. The van der Waals surface area contributed by atoms with Gasteiger partial charge in [0, 0.05) is 12.7 Å². The number of rotatable bonds is 3. The first-order chi connectivity index (χ1) is 5.36. The number of hydrogen-bond donors (Lipinski definition) is 3. The molecule has 0 aliphatic carbocycles. The molecule has 0 spiro atoms. The fourth-order valence-electron chi connectivity index (χ4n) is 0.838. The van der Waals surface area contributed by atoms with Crippen LogP contribution in [0.2, 0.25) is 0 Å². The zero-order chi connectivity index (χ0) is 8.10. The molecule has 60 valence electrons. The Bertz CT molecular complexity index is 208. The lowest BCUT2D eigenvalue weighted by atomic mass is 10.2. The summed E-state index contributed by atoms with van der Waals surface area (Å²) in [5.74, 6) is 0. The van der Waals surface area contributed by atoms with Gasteiger partial charge in [0.05, 0.1) is 6.61 Å². The summed E-state index contributed by atoms with van der Waals surface area (Å²) in [4.78, 5) is 0. The van der Waals surface area contributed by atoms with Crippen LogP contribution in [0.15, 0.2) is 24.3 Å². The van der Waals surface area contributed by atoms with Crippen molar-refractivity contribution in [3.05, 3.63) is 29.8 Å². The highest BCUT2D eigenvalue weighted by Gasteiger charge is 1.89. The largest absolute Gasteiger partial charge is 0.392 e. The topological polar surface area (TPSA) is 44.3 Å². The Morgan fingerprint density at radius 1 is 1.27 bits per heavy atom. The summed E-state index contributed by atoms with van der Waals surface area (Å²) in [5.41, 5.74) is 7.65. The molecule has 0 unspecified atom stereocenters. The van der Waals surface area contributed by atoms with Gasteiger partial charge in [0.15, 0.2) is 0 Å². The highest BCUT2D eigenvalue weighted by atomic mass is 16.3. The first kappa shape index (κ1) is 8.04. The van der Waals surface area contributed by atoms with Gasteiger partial charge in [0.2, 0.25) is 0 Å². The van der Waals surface area contributed by atoms with Crippen molar-refractivity contribution in [2.24, 2.45) is 0 Å². The van der Waals surface area contributed by atoms with E-state index in [2.05, 4.69) is 10.9 Å². The van der Waals surface area contributed by atoms with Gasteiger partial charge >= 0.3 is 0 Å². The van der Waals surface area contributed by atoms with E-state index in [1.54, 1.807) is 7.05 Å². The quantitative estimate of drug-likeness (QED) is 0.559. The van der Waals surface area contributed by atoms with Crippen LogP contribution in [0.25, 0.3) is 0 Å². The lowest BCUT2D eigenvalue weighted by Gasteiger charge is -2.03. The van der Waals surface area contributed by atoms with Gasteiger partial charge in [-0.05, 0) is 17.7 Å². The molecule has 3 heteroatoms. The number of nitrogens with one attached hydrogen (secondary N) is 2. The summed E-state index contributed by atoms with van der Waals surface area (Å²) in [6, 6.07) is 7.56. The SMILES string of the molecule is CNNc1ccc(CO)cc1. The van der Waals surface area contributed by atoms with E-state index in [-0.39, 0.29) is 6.61 Å². The third-order valence-corrected chi connectivity index (χ3v) is 1.41. The van der Waals surface area contributed by atoms with Gasteiger partial charge in [-0.1, -0.05) is 12.1 Å². The summed E-state index contributed by atoms with van der Waals surface area (Å²) in [6.07, 6.45) is 0. The molecule has 0 aromatic heterocycles. The van der Waals surface area contributed by atoms with Crippen LogP contribution in [-0.4, -0.2) is 12.2 Å². The maximum atomic E-state index is 8.72. The molecule has 3 N–H and O–H groups in total. The monoisotopic (exact) mass is 152 g/mol. The van der Waals surface area contributed by atoms with Gasteiger partial charge in [-0.2, -0.15) is 0 Å². The molecule has 0 fully saturated rings. The van der Waals surface area contributed by atoms with Crippen LogP contribution in [0.3, 0.4) is 0 Å². The molecule has 0 radical (unpaired) electrons. The molecule has 0 amide bonds. The van der Waals surface area contributed by atoms with Crippen LogP contribution in [0.5, 0.6) is 0 Å². The van der Waals surface area contributed by atoms with E-state index in [1.807, 2.05) is 24.3 Å². The van der Waals surface area contributed by atoms with Gasteiger partial charge in [0.25, 0.3) is 0 Å². The number of benzene rings is 1. The second kappa shape index (κ2) is 3.95. The van der Waals surface area contributed by atoms with E-state index >= 15 is 0 Å². The molecule has 0 saturated carbocycles.